The van der Waals surface area contributed by atoms with Gasteiger partial charge in [-0.3, -0.25) is 0 Å². The van der Waals surface area contributed by atoms with Crippen molar-refractivity contribution in [3.8, 4) is 6.07 Å². The molecule has 0 amide bonds. The first kappa shape index (κ1) is 18.3. The van der Waals surface area contributed by atoms with E-state index in [0.717, 1.165) is 79.3 Å². The van der Waals surface area contributed by atoms with Gasteiger partial charge in [-0.2, -0.15) is 5.26 Å². The van der Waals surface area contributed by atoms with Gasteiger partial charge in [-0.15, -0.1) is 10.2 Å². The summed E-state index contributed by atoms with van der Waals surface area (Å²) >= 11 is 3.70. The SMILES string of the molecule is Cn1cnnc1C1CCN(c2c(Br)ccc(N3CCNCC3)c2C#N)CC1. The molecule has 0 saturated carbocycles. The summed E-state index contributed by atoms with van der Waals surface area (Å²) in [6.07, 6.45) is 3.80. The van der Waals surface area contributed by atoms with Crippen LogP contribution in [-0.2, 0) is 7.05 Å². The second-order valence-electron chi connectivity index (χ2n) is 7.20. The van der Waals surface area contributed by atoms with E-state index in [9.17, 15) is 5.26 Å². The normalized spacial score (nSPS) is 18.6. The summed E-state index contributed by atoms with van der Waals surface area (Å²) in [6, 6.07) is 6.65. The average Bonchev–Trinajstić information content (AvgIpc) is 3.14. The first-order valence-electron chi connectivity index (χ1n) is 9.46. The summed E-state index contributed by atoms with van der Waals surface area (Å²) in [5, 5.41) is 21.6. The van der Waals surface area contributed by atoms with Crippen LogP contribution in [0.5, 0.6) is 0 Å². The van der Waals surface area contributed by atoms with E-state index >= 15 is 0 Å². The van der Waals surface area contributed by atoms with Crippen molar-refractivity contribution in [1.29, 1.82) is 5.26 Å². The van der Waals surface area contributed by atoms with E-state index in [1.807, 2.05) is 11.6 Å². The Hall–Kier alpha value is -2.11. The first-order valence-corrected chi connectivity index (χ1v) is 10.3. The lowest BCUT2D eigenvalue weighted by molar-refractivity contribution is 0.473. The third kappa shape index (κ3) is 3.54. The largest absolute Gasteiger partial charge is 0.369 e. The third-order valence-corrected chi connectivity index (χ3v) is 6.24. The number of rotatable bonds is 3. The molecule has 2 aliphatic rings. The predicted molar refractivity (Wildman–Crippen MR) is 109 cm³/mol. The fourth-order valence-electron chi connectivity index (χ4n) is 4.17. The molecule has 2 fully saturated rings. The van der Waals surface area contributed by atoms with Gasteiger partial charge in [0.25, 0.3) is 0 Å². The molecule has 7 nitrogen and oxygen atoms in total. The second kappa shape index (κ2) is 7.87. The molecular formula is C19H24BrN7. The zero-order valence-corrected chi connectivity index (χ0v) is 17.1. The highest BCUT2D eigenvalue weighted by molar-refractivity contribution is 9.10. The molecule has 0 spiro atoms. The predicted octanol–water partition coefficient (Wildman–Crippen LogP) is 2.24. The smallest absolute Gasteiger partial charge is 0.135 e. The maximum Gasteiger partial charge on any atom is 0.135 e. The van der Waals surface area contributed by atoms with Crippen LogP contribution >= 0.6 is 15.9 Å². The number of piperidine rings is 1. The van der Waals surface area contributed by atoms with Crippen molar-refractivity contribution in [3.05, 3.63) is 34.3 Å². The monoisotopic (exact) mass is 429 g/mol. The van der Waals surface area contributed by atoms with Crippen LogP contribution in [0.15, 0.2) is 22.9 Å². The van der Waals surface area contributed by atoms with Gasteiger partial charge in [0.15, 0.2) is 0 Å². The van der Waals surface area contributed by atoms with Gasteiger partial charge in [0.2, 0.25) is 0 Å². The number of hydrogen-bond donors (Lipinski definition) is 1. The number of nitriles is 1. The summed E-state index contributed by atoms with van der Waals surface area (Å²) in [4.78, 5) is 4.67. The Morgan fingerprint density at radius 1 is 1.15 bits per heavy atom. The minimum absolute atomic E-state index is 0.425. The summed E-state index contributed by atoms with van der Waals surface area (Å²) in [5.74, 6) is 1.48. The molecular weight excluding hydrogens is 406 g/mol. The number of benzene rings is 1. The van der Waals surface area contributed by atoms with Crippen molar-refractivity contribution >= 4 is 27.3 Å². The van der Waals surface area contributed by atoms with Gasteiger partial charge in [0, 0.05) is 56.7 Å². The van der Waals surface area contributed by atoms with Crippen LogP contribution in [0.25, 0.3) is 0 Å². The number of piperazine rings is 1. The Morgan fingerprint density at radius 3 is 2.52 bits per heavy atom. The van der Waals surface area contributed by atoms with E-state index in [1.54, 1.807) is 6.33 Å². The van der Waals surface area contributed by atoms with Gasteiger partial charge >= 0.3 is 0 Å². The van der Waals surface area contributed by atoms with E-state index in [1.165, 1.54) is 0 Å². The molecule has 8 heteroatoms. The van der Waals surface area contributed by atoms with Crippen molar-refractivity contribution in [2.24, 2.45) is 7.05 Å². The maximum atomic E-state index is 9.96. The lowest BCUT2D eigenvalue weighted by Gasteiger charge is -2.36. The molecule has 27 heavy (non-hydrogen) atoms. The van der Waals surface area contributed by atoms with Crippen LogP contribution in [0.4, 0.5) is 11.4 Å². The molecule has 0 aliphatic carbocycles. The number of halogens is 1. The number of nitrogens with zero attached hydrogens (tertiary/aromatic N) is 6. The molecule has 4 rings (SSSR count). The van der Waals surface area contributed by atoms with Gasteiger partial charge in [0.05, 0.1) is 16.9 Å². The lowest BCUT2D eigenvalue weighted by atomic mass is 9.95. The highest BCUT2D eigenvalue weighted by atomic mass is 79.9. The van der Waals surface area contributed by atoms with E-state index in [-0.39, 0.29) is 0 Å². The molecule has 0 unspecified atom stereocenters. The van der Waals surface area contributed by atoms with Crippen molar-refractivity contribution in [3.63, 3.8) is 0 Å². The summed E-state index contributed by atoms with van der Waals surface area (Å²) in [6.45, 7) is 5.61. The first-order chi connectivity index (χ1) is 13.2. The van der Waals surface area contributed by atoms with E-state index in [2.05, 4.69) is 59.4 Å². The summed E-state index contributed by atoms with van der Waals surface area (Å²) in [5.41, 5.74) is 2.86. The minimum Gasteiger partial charge on any atom is -0.369 e. The zero-order valence-electron chi connectivity index (χ0n) is 15.5. The van der Waals surface area contributed by atoms with Crippen LogP contribution in [0.1, 0.15) is 30.1 Å². The third-order valence-electron chi connectivity index (χ3n) is 5.60. The van der Waals surface area contributed by atoms with Gasteiger partial charge in [-0.25, -0.2) is 0 Å². The van der Waals surface area contributed by atoms with Crippen LogP contribution in [0, 0.1) is 11.3 Å². The Bertz CT molecular complexity index is 842. The number of hydrogen-bond acceptors (Lipinski definition) is 6. The minimum atomic E-state index is 0.425. The second-order valence-corrected chi connectivity index (χ2v) is 8.05. The average molecular weight is 430 g/mol. The van der Waals surface area contributed by atoms with Gasteiger partial charge in [-0.05, 0) is 40.9 Å². The zero-order chi connectivity index (χ0) is 18.8. The molecule has 3 heterocycles. The fraction of sp³-hybridized carbons (Fsp3) is 0.526. The van der Waals surface area contributed by atoms with Crippen molar-refractivity contribution in [1.82, 2.24) is 20.1 Å². The maximum absolute atomic E-state index is 9.96. The highest BCUT2D eigenvalue weighted by Crippen LogP contribution is 2.39. The van der Waals surface area contributed by atoms with Gasteiger partial charge < -0.3 is 19.7 Å². The highest BCUT2D eigenvalue weighted by Gasteiger charge is 2.28. The van der Waals surface area contributed by atoms with Crippen LogP contribution in [0.2, 0.25) is 0 Å². The van der Waals surface area contributed by atoms with E-state index in [0.29, 0.717) is 5.92 Å². The number of nitrogens with one attached hydrogen (secondary N) is 1. The Morgan fingerprint density at radius 2 is 1.89 bits per heavy atom. The molecule has 0 atom stereocenters. The van der Waals surface area contributed by atoms with Crippen LogP contribution in [-0.4, -0.2) is 54.0 Å². The molecule has 2 aromatic rings. The van der Waals surface area contributed by atoms with E-state index in [4.69, 9.17) is 0 Å². The number of aryl methyl sites for hydroxylation is 1. The molecule has 1 aromatic heterocycles. The lowest BCUT2D eigenvalue weighted by Crippen LogP contribution is -2.44. The fourth-order valence-corrected chi connectivity index (χ4v) is 4.75. The molecule has 2 saturated heterocycles. The molecule has 2 aliphatic heterocycles. The Labute approximate surface area is 168 Å². The van der Waals surface area contributed by atoms with Crippen molar-refractivity contribution in [2.45, 2.75) is 18.8 Å². The van der Waals surface area contributed by atoms with Crippen LogP contribution < -0.4 is 15.1 Å². The van der Waals surface area contributed by atoms with Crippen LogP contribution in [0.3, 0.4) is 0 Å². The number of aromatic nitrogens is 3. The molecule has 0 bridgehead atoms. The Balaban J connectivity index is 1.58. The number of anilines is 2. The van der Waals surface area contributed by atoms with Gasteiger partial charge in [-0.1, -0.05) is 0 Å². The summed E-state index contributed by atoms with van der Waals surface area (Å²) in [7, 11) is 2.00. The molecule has 1 aromatic carbocycles. The topological polar surface area (TPSA) is 73.0 Å². The Kier molecular flexibility index (Phi) is 5.32. The van der Waals surface area contributed by atoms with E-state index < -0.39 is 0 Å². The summed E-state index contributed by atoms with van der Waals surface area (Å²) < 4.78 is 3.01. The molecule has 1 N–H and O–H groups in total. The quantitative estimate of drug-likeness (QED) is 0.806. The molecule has 0 radical (unpaired) electrons. The molecule has 142 valence electrons. The van der Waals surface area contributed by atoms with Gasteiger partial charge in [0.1, 0.15) is 18.2 Å². The van der Waals surface area contributed by atoms with Crippen molar-refractivity contribution < 1.29 is 0 Å². The standard InChI is InChI=1S/C19H24BrN7/c1-25-13-23-24-19(25)14-4-8-27(9-5-14)18-15(12-21)17(3-2-16(18)20)26-10-6-22-7-11-26/h2-3,13-14,22H,4-11H2,1H3. The van der Waals surface area contributed by atoms with Crippen molar-refractivity contribution in [2.75, 3.05) is 49.1 Å².